The Hall–Kier alpha value is -0.970. The van der Waals surface area contributed by atoms with Gasteiger partial charge in [-0.2, -0.15) is 0 Å². The quantitative estimate of drug-likeness (QED) is 0.278. The number of benzene rings is 1. The van der Waals surface area contributed by atoms with Crippen LogP contribution in [0.5, 0.6) is 0 Å². The molecular formula is C21H36FIN4O2. The molecule has 2 rings (SSSR count). The van der Waals surface area contributed by atoms with Crippen LogP contribution in [0.25, 0.3) is 0 Å². The van der Waals surface area contributed by atoms with Crippen molar-refractivity contribution in [3.8, 4) is 0 Å². The van der Waals surface area contributed by atoms with Crippen molar-refractivity contribution in [2.45, 2.75) is 38.7 Å². The van der Waals surface area contributed by atoms with Crippen LogP contribution in [-0.4, -0.2) is 74.0 Å². The summed E-state index contributed by atoms with van der Waals surface area (Å²) >= 11 is 0. The standard InChI is InChI=1S/C21H35FN4O2.HI/c1-5-23-19(24-14-20(2,3)17-8-6-7-9-18(17)22)25-15-21(4,27)16-26-10-12-28-13-11-26;/h6-9,27H,5,10-16H2,1-4H3,(H2,23,24,25);1H. The van der Waals surface area contributed by atoms with Gasteiger partial charge in [-0.3, -0.25) is 9.89 Å². The monoisotopic (exact) mass is 522 g/mol. The number of morpholine rings is 1. The van der Waals surface area contributed by atoms with Gasteiger partial charge in [0.1, 0.15) is 5.82 Å². The average Bonchev–Trinajstić information content (AvgIpc) is 2.65. The van der Waals surface area contributed by atoms with Crippen LogP contribution in [-0.2, 0) is 10.2 Å². The Kier molecular flexibility index (Phi) is 10.8. The summed E-state index contributed by atoms with van der Waals surface area (Å²) in [6.45, 7) is 12.9. The van der Waals surface area contributed by atoms with Gasteiger partial charge >= 0.3 is 0 Å². The molecule has 0 spiro atoms. The zero-order valence-corrected chi connectivity index (χ0v) is 20.3. The Morgan fingerprint density at radius 2 is 1.86 bits per heavy atom. The lowest BCUT2D eigenvalue weighted by atomic mass is 9.84. The lowest BCUT2D eigenvalue weighted by molar-refractivity contribution is -0.0179. The van der Waals surface area contributed by atoms with E-state index in [1.54, 1.807) is 13.0 Å². The highest BCUT2D eigenvalue weighted by atomic mass is 127. The molecule has 166 valence electrons. The minimum Gasteiger partial charge on any atom is -0.387 e. The molecule has 0 saturated carbocycles. The van der Waals surface area contributed by atoms with Crippen LogP contribution in [0.4, 0.5) is 4.39 Å². The second kappa shape index (κ2) is 12.0. The van der Waals surface area contributed by atoms with Crippen LogP contribution >= 0.6 is 24.0 Å². The fourth-order valence-corrected chi connectivity index (χ4v) is 3.29. The van der Waals surface area contributed by atoms with E-state index in [0.29, 0.717) is 44.4 Å². The molecule has 0 aliphatic carbocycles. The van der Waals surface area contributed by atoms with Gasteiger partial charge in [0, 0.05) is 38.1 Å². The first-order valence-electron chi connectivity index (χ1n) is 10.0. The third-order valence-electron chi connectivity index (χ3n) is 4.89. The van der Waals surface area contributed by atoms with Gasteiger partial charge in [0.2, 0.25) is 0 Å². The SMILES string of the molecule is CCNC(=NCC(C)(O)CN1CCOCC1)NCC(C)(C)c1ccccc1F.I. The van der Waals surface area contributed by atoms with E-state index in [4.69, 9.17) is 4.74 Å². The highest BCUT2D eigenvalue weighted by Crippen LogP contribution is 2.24. The van der Waals surface area contributed by atoms with Gasteiger partial charge in [-0.15, -0.1) is 24.0 Å². The van der Waals surface area contributed by atoms with E-state index >= 15 is 0 Å². The Bertz CT molecular complexity index is 649. The first-order valence-corrected chi connectivity index (χ1v) is 10.0. The predicted molar refractivity (Wildman–Crippen MR) is 127 cm³/mol. The number of aliphatic hydroxyl groups is 1. The van der Waals surface area contributed by atoms with E-state index in [0.717, 1.165) is 13.1 Å². The fraction of sp³-hybridized carbons (Fsp3) is 0.667. The minimum atomic E-state index is -0.930. The second-order valence-electron chi connectivity index (χ2n) is 8.30. The van der Waals surface area contributed by atoms with E-state index in [1.165, 1.54) is 6.07 Å². The maximum Gasteiger partial charge on any atom is 0.191 e. The molecule has 29 heavy (non-hydrogen) atoms. The molecule has 0 aromatic heterocycles. The number of hydrogen-bond acceptors (Lipinski definition) is 4. The van der Waals surface area contributed by atoms with Gasteiger partial charge in [0.05, 0.1) is 25.4 Å². The maximum atomic E-state index is 14.2. The second-order valence-corrected chi connectivity index (χ2v) is 8.30. The van der Waals surface area contributed by atoms with Crippen LogP contribution in [0.1, 0.15) is 33.3 Å². The predicted octanol–water partition coefficient (Wildman–Crippen LogP) is 2.36. The van der Waals surface area contributed by atoms with Gasteiger partial charge in [-0.25, -0.2) is 4.39 Å². The number of halogens is 2. The molecular weight excluding hydrogens is 486 g/mol. The van der Waals surface area contributed by atoms with Crippen molar-refractivity contribution >= 4 is 29.9 Å². The summed E-state index contributed by atoms with van der Waals surface area (Å²) in [5.41, 5.74) is -0.670. The van der Waals surface area contributed by atoms with Crippen molar-refractivity contribution in [2.75, 3.05) is 52.5 Å². The summed E-state index contributed by atoms with van der Waals surface area (Å²) in [7, 11) is 0. The van der Waals surface area contributed by atoms with Crippen molar-refractivity contribution < 1.29 is 14.2 Å². The smallest absolute Gasteiger partial charge is 0.191 e. The van der Waals surface area contributed by atoms with Crippen molar-refractivity contribution in [1.82, 2.24) is 15.5 Å². The zero-order valence-electron chi connectivity index (χ0n) is 18.0. The van der Waals surface area contributed by atoms with E-state index in [1.807, 2.05) is 32.9 Å². The lowest BCUT2D eigenvalue weighted by Crippen LogP contribution is -2.48. The van der Waals surface area contributed by atoms with Crippen LogP contribution in [0.15, 0.2) is 29.3 Å². The minimum absolute atomic E-state index is 0. The molecule has 6 nitrogen and oxygen atoms in total. The number of ether oxygens (including phenoxy) is 1. The zero-order chi connectivity index (χ0) is 20.6. The van der Waals surface area contributed by atoms with E-state index in [2.05, 4.69) is 20.5 Å². The Morgan fingerprint density at radius 1 is 1.21 bits per heavy atom. The molecule has 1 atom stereocenters. The normalized spacial score (nSPS) is 17.9. The first kappa shape index (κ1) is 26.1. The topological polar surface area (TPSA) is 69.1 Å². The molecule has 1 fully saturated rings. The highest BCUT2D eigenvalue weighted by molar-refractivity contribution is 14.0. The molecule has 1 aromatic carbocycles. The molecule has 0 bridgehead atoms. The summed E-state index contributed by atoms with van der Waals surface area (Å²) in [5, 5.41) is 17.2. The number of nitrogens with zero attached hydrogens (tertiary/aromatic N) is 2. The Labute approximate surface area is 191 Å². The summed E-state index contributed by atoms with van der Waals surface area (Å²) in [5.74, 6) is 0.416. The van der Waals surface area contributed by atoms with Crippen molar-refractivity contribution in [3.05, 3.63) is 35.6 Å². The Balaban J connectivity index is 0.00000420. The van der Waals surface area contributed by atoms with Crippen molar-refractivity contribution in [3.63, 3.8) is 0 Å². The van der Waals surface area contributed by atoms with E-state index in [-0.39, 0.29) is 36.3 Å². The summed E-state index contributed by atoms with van der Waals surface area (Å²) in [4.78, 5) is 6.76. The molecule has 0 radical (unpaired) electrons. The lowest BCUT2D eigenvalue weighted by Gasteiger charge is -2.33. The van der Waals surface area contributed by atoms with Crippen molar-refractivity contribution in [2.24, 2.45) is 4.99 Å². The molecule has 0 amide bonds. The first-order chi connectivity index (χ1) is 13.2. The molecule has 1 aliphatic rings. The number of nitrogens with one attached hydrogen (secondary N) is 2. The van der Waals surface area contributed by atoms with Crippen molar-refractivity contribution in [1.29, 1.82) is 0 Å². The van der Waals surface area contributed by atoms with Crippen LogP contribution < -0.4 is 10.6 Å². The number of hydrogen-bond donors (Lipinski definition) is 3. The van der Waals surface area contributed by atoms with E-state index < -0.39 is 11.0 Å². The number of aliphatic imine (C=N–C) groups is 1. The number of β-amino-alcohol motifs (C(OH)–C–C–N with tert-alkyl or cyclic N) is 1. The van der Waals surface area contributed by atoms with Gasteiger partial charge in [-0.1, -0.05) is 32.0 Å². The molecule has 1 aliphatic heterocycles. The largest absolute Gasteiger partial charge is 0.387 e. The summed E-state index contributed by atoms with van der Waals surface area (Å²) in [6, 6.07) is 6.85. The summed E-state index contributed by atoms with van der Waals surface area (Å²) < 4.78 is 19.5. The molecule has 3 N–H and O–H groups in total. The molecule has 1 heterocycles. The van der Waals surface area contributed by atoms with E-state index in [9.17, 15) is 9.50 Å². The third-order valence-corrected chi connectivity index (χ3v) is 4.89. The van der Waals surface area contributed by atoms with Gasteiger partial charge in [0.25, 0.3) is 0 Å². The fourth-order valence-electron chi connectivity index (χ4n) is 3.29. The number of rotatable bonds is 8. The van der Waals surface area contributed by atoms with Gasteiger partial charge in [-0.05, 0) is 25.5 Å². The molecule has 8 heteroatoms. The van der Waals surface area contributed by atoms with Crippen LogP contribution in [0, 0.1) is 5.82 Å². The molecule has 1 aromatic rings. The molecule has 1 unspecified atom stereocenters. The maximum absolute atomic E-state index is 14.2. The Morgan fingerprint density at radius 3 is 2.48 bits per heavy atom. The summed E-state index contributed by atoms with van der Waals surface area (Å²) in [6.07, 6.45) is 0. The van der Waals surface area contributed by atoms with Gasteiger partial charge < -0.3 is 20.5 Å². The highest BCUT2D eigenvalue weighted by Gasteiger charge is 2.26. The average molecular weight is 522 g/mol. The van der Waals surface area contributed by atoms with Gasteiger partial charge in [0.15, 0.2) is 5.96 Å². The van der Waals surface area contributed by atoms with Crippen LogP contribution in [0.3, 0.4) is 0 Å². The van der Waals surface area contributed by atoms with Crippen LogP contribution in [0.2, 0.25) is 0 Å². The number of guanidine groups is 1. The third kappa shape index (κ3) is 8.74. The molecule has 1 saturated heterocycles.